The lowest BCUT2D eigenvalue weighted by molar-refractivity contribution is 0.101. The molecule has 0 spiro atoms. The van der Waals surface area contributed by atoms with Crippen LogP contribution in [0, 0.1) is 0 Å². The molecule has 1 aliphatic rings. The van der Waals surface area contributed by atoms with Gasteiger partial charge in [0.2, 0.25) is 0 Å². The molecular weight excluding hydrogens is 243 g/mol. The van der Waals surface area contributed by atoms with E-state index >= 15 is 0 Å². The minimum atomic E-state index is -0.901. The van der Waals surface area contributed by atoms with Gasteiger partial charge in [-0.05, 0) is 35.3 Å². The first-order chi connectivity index (χ1) is 9.15. The maximum Gasteiger partial charge on any atom is 0.491 e. The summed E-state index contributed by atoms with van der Waals surface area (Å²) in [5, 5.41) is 12.4. The molecule has 0 radical (unpaired) electrons. The van der Waals surface area contributed by atoms with Crippen LogP contribution in [0.2, 0.25) is 0 Å². The van der Waals surface area contributed by atoms with Crippen LogP contribution in [0.25, 0.3) is 0 Å². The number of rotatable bonds is 2. The van der Waals surface area contributed by atoms with Crippen molar-refractivity contribution in [3.63, 3.8) is 0 Å². The smallest absolute Gasteiger partial charge is 0.423 e. The molecule has 0 atom stereocenters. The maximum absolute atomic E-state index is 12.1. The number of hydrogen-bond donors (Lipinski definition) is 2. The molecule has 2 N–H and O–H groups in total. The molecule has 1 aromatic carbocycles. The van der Waals surface area contributed by atoms with Gasteiger partial charge < -0.3 is 19.6 Å². The topological polar surface area (TPSA) is 63.5 Å². The van der Waals surface area contributed by atoms with Gasteiger partial charge in [-0.3, -0.25) is 4.79 Å². The molecule has 6 heteroatoms. The number of amides is 1. The van der Waals surface area contributed by atoms with E-state index in [4.69, 9.17) is 4.65 Å². The molecule has 2 heterocycles. The Morgan fingerprint density at radius 2 is 2.32 bits per heavy atom. The van der Waals surface area contributed by atoms with Crippen LogP contribution in [-0.2, 0) is 18.3 Å². The van der Waals surface area contributed by atoms with Crippen molar-refractivity contribution in [2.45, 2.75) is 6.61 Å². The zero-order chi connectivity index (χ0) is 13.4. The van der Waals surface area contributed by atoms with Gasteiger partial charge in [0.25, 0.3) is 5.91 Å². The third-order valence-corrected chi connectivity index (χ3v) is 3.24. The van der Waals surface area contributed by atoms with E-state index in [9.17, 15) is 9.82 Å². The molecule has 0 bridgehead atoms. The summed E-state index contributed by atoms with van der Waals surface area (Å²) in [5.41, 5.74) is 2.89. The van der Waals surface area contributed by atoms with Crippen molar-refractivity contribution in [3.8, 4) is 0 Å². The van der Waals surface area contributed by atoms with Gasteiger partial charge in [-0.2, -0.15) is 0 Å². The molecule has 0 unspecified atom stereocenters. The fourth-order valence-corrected chi connectivity index (χ4v) is 2.18. The molecule has 2 aromatic rings. The molecule has 5 nitrogen and oxygen atoms in total. The molecule has 0 saturated heterocycles. The maximum atomic E-state index is 12.1. The molecule has 0 fully saturated rings. The Morgan fingerprint density at radius 3 is 3.05 bits per heavy atom. The summed E-state index contributed by atoms with van der Waals surface area (Å²) in [4.78, 5) is 12.1. The first-order valence-electron chi connectivity index (χ1n) is 6.00. The number of aryl methyl sites for hydroxylation is 1. The summed E-state index contributed by atoms with van der Waals surface area (Å²) in [7, 11) is 0.914. The van der Waals surface area contributed by atoms with Crippen LogP contribution >= 0.6 is 0 Å². The van der Waals surface area contributed by atoms with E-state index in [0.717, 1.165) is 5.56 Å². The summed E-state index contributed by atoms with van der Waals surface area (Å²) in [5.74, 6) is -0.180. The highest BCUT2D eigenvalue weighted by molar-refractivity contribution is 6.61. The molecule has 3 rings (SSSR count). The van der Waals surface area contributed by atoms with Crippen molar-refractivity contribution >= 4 is 24.2 Å². The highest BCUT2D eigenvalue weighted by atomic mass is 16.5. The first-order valence-corrected chi connectivity index (χ1v) is 6.00. The molecule has 1 amide bonds. The van der Waals surface area contributed by atoms with Crippen LogP contribution in [0.4, 0.5) is 5.69 Å². The van der Waals surface area contributed by atoms with E-state index in [1.807, 2.05) is 25.4 Å². The first kappa shape index (κ1) is 12.0. The number of aromatic nitrogens is 1. The lowest BCUT2D eigenvalue weighted by Crippen LogP contribution is -2.28. The third kappa shape index (κ3) is 2.16. The van der Waals surface area contributed by atoms with Gasteiger partial charge in [0.15, 0.2) is 0 Å². The van der Waals surface area contributed by atoms with Crippen molar-refractivity contribution in [1.29, 1.82) is 0 Å². The predicted octanol–water partition coefficient (Wildman–Crippen LogP) is 0.495. The fraction of sp³-hybridized carbons (Fsp3) is 0.154. The number of nitrogens with one attached hydrogen (secondary N) is 1. The third-order valence-electron chi connectivity index (χ3n) is 3.24. The van der Waals surface area contributed by atoms with E-state index in [2.05, 4.69) is 5.32 Å². The second-order valence-corrected chi connectivity index (χ2v) is 4.54. The molecule has 0 aliphatic carbocycles. The largest absolute Gasteiger partial charge is 0.491 e. The summed E-state index contributed by atoms with van der Waals surface area (Å²) in [6, 6.07) is 8.97. The van der Waals surface area contributed by atoms with Crippen molar-refractivity contribution in [2.75, 3.05) is 5.32 Å². The monoisotopic (exact) mass is 256 g/mol. The summed E-state index contributed by atoms with van der Waals surface area (Å²) in [6.07, 6.45) is 1.81. The molecule has 19 heavy (non-hydrogen) atoms. The highest BCUT2D eigenvalue weighted by Gasteiger charge is 2.27. The lowest BCUT2D eigenvalue weighted by Gasteiger charge is -2.08. The van der Waals surface area contributed by atoms with Gasteiger partial charge in [0.1, 0.15) is 5.69 Å². The van der Waals surface area contributed by atoms with Crippen LogP contribution in [0.3, 0.4) is 0 Å². The van der Waals surface area contributed by atoms with E-state index in [0.29, 0.717) is 23.5 Å². The molecule has 1 aromatic heterocycles. The zero-order valence-electron chi connectivity index (χ0n) is 10.5. The Morgan fingerprint density at radius 1 is 1.47 bits per heavy atom. The second-order valence-electron chi connectivity index (χ2n) is 4.54. The van der Waals surface area contributed by atoms with Crippen molar-refractivity contribution < 1.29 is 14.5 Å². The van der Waals surface area contributed by atoms with Crippen LogP contribution in [0.1, 0.15) is 16.1 Å². The standard InChI is InChI=1S/C13H13BN2O3/c1-16-6-2-3-12(16)13(17)15-10-5-4-9-8-19-14(18)11(9)7-10/h2-7,18H,8H2,1H3,(H,15,17). The zero-order valence-corrected chi connectivity index (χ0v) is 10.5. The minimum Gasteiger partial charge on any atom is -0.423 e. The Hall–Kier alpha value is -2.05. The summed E-state index contributed by atoms with van der Waals surface area (Å²) in [6.45, 7) is 0.405. The number of anilines is 1. The molecule has 0 saturated carbocycles. The quantitative estimate of drug-likeness (QED) is 0.769. The normalized spacial score (nSPS) is 13.5. The van der Waals surface area contributed by atoms with Crippen molar-refractivity contribution in [3.05, 3.63) is 47.8 Å². The number of nitrogens with zero attached hydrogens (tertiary/aromatic N) is 1. The number of benzene rings is 1. The molecule has 1 aliphatic heterocycles. The number of carbonyl (C=O) groups is 1. The van der Waals surface area contributed by atoms with Crippen LogP contribution in [0.15, 0.2) is 36.5 Å². The van der Waals surface area contributed by atoms with Gasteiger partial charge in [0.05, 0.1) is 6.61 Å². The van der Waals surface area contributed by atoms with Gasteiger partial charge in [-0.25, -0.2) is 0 Å². The van der Waals surface area contributed by atoms with E-state index in [1.54, 1.807) is 22.8 Å². The van der Waals surface area contributed by atoms with Gasteiger partial charge in [-0.1, -0.05) is 6.07 Å². The highest BCUT2D eigenvalue weighted by Crippen LogP contribution is 2.15. The lowest BCUT2D eigenvalue weighted by atomic mass is 9.79. The Labute approximate surface area is 111 Å². The second kappa shape index (κ2) is 4.57. The van der Waals surface area contributed by atoms with E-state index in [-0.39, 0.29) is 5.91 Å². The fourth-order valence-electron chi connectivity index (χ4n) is 2.18. The van der Waals surface area contributed by atoms with Gasteiger partial charge in [0, 0.05) is 18.9 Å². The van der Waals surface area contributed by atoms with Crippen LogP contribution < -0.4 is 10.8 Å². The Kier molecular flexibility index (Phi) is 2.89. The molecule has 96 valence electrons. The average molecular weight is 256 g/mol. The van der Waals surface area contributed by atoms with Crippen LogP contribution in [0.5, 0.6) is 0 Å². The average Bonchev–Trinajstić information content (AvgIpc) is 2.97. The van der Waals surface area contributed by atoms with Crippen LogP contribution in [-0.4, -0.2) is 22.6 Å². The summed E-state index contributed by atoms with van der Waals surface area (Å²) < 4.78 is 6.86. The number of fused-ring (bicyclic) bond motifs is 1. The minimum absolute atomic E-state index is 0.180. The molecular formula is C13H13BN2O3. The predicted molar refractivity (Wildman–Crippen MR) is 72.2 cm³/mol. The van der Waals surface area contributed by atoms with Gasteiger partial charge >= 0.3 is 7.12 Å². The van der Waals surface area contributed by atoms with E-state index in [1.165, 1.54) is 0 Å². The Bertz CT molecular complexity index is 639. The number of carbonyl (C=O) groups excluding carboxylic acids is 1. The van der Waals surface area contributed by atoms with Crippen molar-refractivity contribution in [1.82, 2.24) is 4.57 Å². The summed E-state index contributed by atoms with van der Waals surface area (Å²) >= 11 is 0. The SMILES string of the molecule is Cn1cccc1C(=O)Nc1ccc2c(c1)B(O)OC2. The Balaban J connectivity index is 1.83. The van der Waals surface area contributed by atoms with Gasteiger partial charge in [-0.15, -0.1) is 0 Å². The van der Waals surface area contributed by atoms with Crippen molar-refractivity contribution in [2.24, 2.45) is 7.05 Å². The van der Waals surface area contributed by atoms with E-state index < -0.39 is 7.12 Å². The number of hydrogen-bond acceptors (Lipinski definition) is 3.